The Kier molecular flexibility index (Phi) is 6.52. The first-order valence-electron chi connectivity index (χ1n) is 9.52. The number of nitrogens with zero attached hydrogens (tertiary/aromatic N) is 2. The summed E-state index contributed by atoms with van der Waals surface area (Å²) in [7, 11) is 0. The molecule has 6 heteroatoms. The predicted molar refractivity (Wildman–Crippen MR) is 124 cm³/mol. The standard InChI is InChI=1S/C24H20ClN3OS/c25-20-12-7-13-21(14-20)27-23(29)17-30-24-26-15-22(19-10-5-2-6-11-19)28(24)16-18-8-3-1-4-9-18/h1-15H,16-17H2,(H,27,29). The molecular weight excluding hydrogens is 414 g/mol. The largest absolute Gasteiger partial charge is 0.325 e. The number of benzene rings is 3. The number of nitrogens with one attached hydrogen (secondary N) is 1. The maximum absolute atomic E-state index is 12.4. The topological polar surface area (TPSA) is 46.9 Å². The van der Waals surface area contributed by atoms with Gasteiger partial charge < -0.3 is 9.88 Å². The van der Waals surface area contributed by atoms with Crippen LogP contribution in [0.2, 0.25) is 5.02 Å². The molecule has 0 fully saturated rings. The Morgan fingerprint density at radius 2 is 1.70 bits per heavy atom. The molecule has 0 saturated heterocycles. The van der Waals surface area contributed by atoms with E-state index in [1.54, 1.807) is 12.1 Å². The van der Waals surface area contributed by atoms with Gasteiger partial charge in [0.15, 0.2) is 5.16 Å². The van der Waals surface area contributed by atoms with Gasteiger partial charge in [-0.1, -0.05) is 90.1 Å². The number of carbonyl (C=O) groups excluding carboxylic acids is 1. The summed E-state index contributed by atoms with van der Waals surface area (Å²) >= 11 is 7.41. The van der Waals surface area contributed by atoms with E-state index in [2.05, 4.69) is 39.1 Å². The number of imidazole rings is 1. The zero-order chi connectivity index (χ0) is 20.8. The summed E-state index contributed by atoms with van der Waals surface area (Å²) < 4.78 is 2.15. The number of hydrogen-bond donors (Lipinski definition) is 1. The molecule has 1 aromatic heterocycles. The van der Waals surface area contributed by atoms with Crippen molar-refractivity contribution in [3.05, 3.63) is 102 Å². The van der Waals surface area contributed by atoms with E-state index in [1.807, 2.05) is 54.7 Å². The Bertz CT molecular complexity index is 1130. The summed E-state index contributed by atoms with van der Waals surface area (Å²) in [5.41, 5.74) is 3.98. The second kappa shape index (κ2) is 9.65. The molecule has 0 atom stereocenters. The lowest BCUT2D eigenvalue weighted by Gasteiger charge is -2.12. The predicted octanol–water partition coefficient (Wildman–Crippen LogP) is 5.98. The maximum Gasteiger partial charge on any atom is 0.234 e. The van der Waals surface area contributed by atoms with Gasteiger partial charge in [-0.25, -0.2) is 4.98 Å². The zero-order valence-corrected chi connectivity index (χ0v) is 17.7. The van der Waals surface area contributed by atoms with Crippen LogP contribution in [0, 0.1) is 0 Å². The fraction of sp³-hybridized carbons (Fsp3) is 0.0833. The van der Waals surface area contributed by atoms with Crippen molar-refractivity contribution in [3.63, 3.8) is 0 Å². The van der Waals surface area contributed by atoms with Gasteiger partial charge in [0.05, 0.1) is 24.2 Å². The van der Waals surface area contributed by atoms with Crippen molar-refractivity contribution in [2.45, 2.75) is 11.7 Å². The number of carbonyl (C=O) groups is 1. The third kappa shape index (κ3) is 5.12. The van der Waals surface area contributed by atoms with Crippen LogP contribution in [0.4, 0.5) is 5.69 Å². The number of rotatable bonds is 7. The fourth-order valence-electron chi connectivity index (χ4n) is 3.13. The van der Waals surface area contributed by atoms with Crippen LogP contribution in [-0.2, 0) is 11.3 Å². The van der Waals surface area contributed by atoms with Crippen LogP contribution >= 0.6 is 23.4 Å². The van der Waals surface area contributed by atoms with Crippen molar-refractivity contribution < 1.29 is 4.79 Å². The van der Waals surface area contributed by atoms with Crippen molar-refractivity contribution in [1.82, 2.24) is 9.55 Å². The van der Waals surface area contributed by atoms with E-state index in [-0.39, 0.29) is 11.7 Å². The van der Waals surface area contributed by atoms with Gasteiger partial charge in [-0.15, -0.1) is 0 Å². The van der Waals surface area contributed by atoms with Crippen molar-refractivity contribution in [2.24, 2.45) is 0 Å². The lowest BCUT2D eigenvalue weighted by molar-refractivity contribution is -0.113. The van der Waals surface area contributed by atoms with E-state index >= 15 is 0 Å². The van der Waals surface area contributed by atoms with Crippen molar-refractivity contribution in [2.75, 3.05) is 11.1 Å². The SMILES string of the molecule is O=C(CSc1ncc(-c2ccccc2)n1Cc1ccccc1)Nc1cccc(Cl)c1. The number of amides is 1. The molecule has 1 amide bonds. The molecule has 0 bridgehead atoms. The normalized spacial score (nSPS) is 10.7. The first kappa shape index (κ1) is 20.3. The first-order chi connectivity index (χ1) is 14.7. The minimum absolute atomic E-state index is 0.0993. The highest BCUT2D eigenvalue weighted by Gasteiger charge is 2.14. The highest BCUT2D eigenvalue weighted by molar-refractivity contribution is 7.99. The van der Waals surface area contributed by atoms with Gasteiger partial charge in [0.25, 0.3) is 0 Å². The number of thioether (sulfide) groups is 1. The molecule has 1 N–H and O–H groups in total. The van der Waals surface area contributed by atoms with Crippen LogP contribution in [0.25, 0.3) is 11.3 Å². The Hall–Kier alpha value is -3.02. The van der Waals surface area contributed by atoms with Crippen LogP contribution in [0.5, 0.6) is 0 Å². The van der Waals surface area contributed by atoms with Crippen LogP contribution in [0.1, 0.15) is 5.56 Å². The molecule has 0 spiro atoms. The Morgan fingerprint density at radius 3 is 2.43 bits per heavy atom. The fourth-order valence-corrected chi connectivity index (χ4v) is 4.09. The van der Waals surface area contributed by atoms with Crippen molar-refractivity contribution >= 4 is 35.0 Å². The molecule has 0 radical (unpaired) electrons. The van der Waals surface area contributed by atoms with Gasteiger partial charge in [-0.2, -0.15) is 0 Å². The number of anilines is 1. The third-order valence-electron chi connectivity index (χ3n) is 4.51. The van der Waals surface area contributed by atoms with Crippen molar-refractivity contribution in [1.29, 1.82) is 0 Å². The quantitative estimate of drug-likeness (QED) is 0.364. The summed E-state index contributed by atoms with van der Waals surface area (Å²) in [6.45, 7) is 0.684. The summed E-state index contributed by atoms with van der Waals surface area (Å²) in [4.78, 5) is 17.0. The molecule has 1 heterocycles. The lowest BCUT2D eigenvalue weighted by Crippen LogP contribution is -2.14. The smallest absolute Gasteiger partial charge is 0.234 e. The zero-order valence-electron chi connectivity index (χ0n) is 16.2. The van der Waals surface area contributed by atoms with Gasteiger partial charge in [-0.05, 0) is 29.3 Å². The number of halogens is 1. The minimum Gasteiger partial charge on any atom is -0.325 e. The monoisotopic (exact) mass is 433 g/mol. The molecule has 4 rings (SSSR count). The number of hydrogen-bond acceptors (Lipinski definition) is 3. The minimum atomic E-state index is -0.0993. The summed E-state index contributed by atoms with van der Waals surface area (Å²) in [6, 6.07) is 27.5. The molecule has 0 unspecified atom stereocenters. The van der Waals surface area contributed by atoms with E-state index in [9.17, 15) is 4.79 Å². The Balaban J connectivity index is 1.53. The average Bonchev–Trinajstić information content (AvgIpc) is 3.16. The van der Waals surface area contributed by atoms with Gasteiger partial charge >= 0.3 is 0 Å². The Labute approximate surface area is 184 Å². The van der Waals surface area contributed by atoms with E-state index in [1.165, 1.54) is 17.3 Å². The molecule has 4 aromatic rings. The lowest BCUT2D eigenvalue weighted by atomic mass is 10.1. The highest BCUT2D eigenvalue weighted by atomic mass is 35.5. The first-order valence-corrected chi connectivity index (χ1v) is 10.9. The molecular formula is C24H20ClN3OS. The second-order valence-electron chi connectivity index (χ2n) is 6.71. The summed E-state index contributed by atoms with van der Waals surface area (Å²) in [6.07, 6.45) is 1.87. The summed E-state index contributed by atoms with van der Waals surface area (Å²) in [5.74, 6) is 0.157. The maximum atomic E-state index is 12.4. The van der Waals surface area contributed by atoms with E-state index < -0.39 is 0 Å². The number of aromatic nitrogens is 2. The van der Waals surface area contributed by atoms with E-state index in [0.29, 0.717) is 17.3 Å². The van der Waals surface area contributed by atoms with Crippen LogP contribution in [0.3, 0.4) is 0 Å². The van der Waals surface area contributed by atoms with Crippen LogP contribution < -0.4 is 5.32 Å². The van der Waals surface area contributed by atoms with Gasteiger partial charge in [0.1, 0.15) is 0 Å². The molecule has 0 saturated carbocycles. The molecule has 30 heavy (non-hydrogen) atoms. The highest BCUT2D eigenvalue weighted by Crippen LogP contribution is 2.27. The van der Waals surface area contributed by atoms with E-state index in [4.69, 9.17) is 11.6 Å². The molecule has 0 aliphatic rings. The van der Waals surface area contributed by atoms with Gasteiger partial charge in [0, 0.05) is 10.7 Å². The molecule has 4 nitrogen and oxygen atoms in total. The van der Waals surface area contributed by atoms with Gasteiger partial charge in [0.2, 0.25) is 5.91 Å². The third-order valence-corrected chi connectivity index (χ3v) is 5.74. The molecule has 150 valence electrons. The molecule has 0 aliphatic heterocycles. The van der Waals surface area contributed by atoms with Crippen molar-refractivity contribution in [3.8, 4) is 11.3 Å². The Morgan fingerprint density at radius 1 is 0.967 bits per heavy atom. The second-order valence-corrected chi connectivity index (χ2v) is 8.09. The van der Waals surface area contributed by atoms with Crippen LogP contribution in [-0.4, -0.2) is 21.2 Å². The average molecular weight is 434 g/mol. The molecule has 0 aliphatic carbocycles. The summed E-state index contributed by atoms with van der Waals surface area (Å²) in [5, 5.41) is 4.27. The van der Waals surface area contributed by atoms with E-state index in [0.717, 1.165) is 16.4 Å². The van der Waals surface area contributed by atoms with Gasteiger partial charge in [-0.3, -0.25) is 4.79 Å². The molecule has 3 aromatic carbocycles. The van der Waals surface area contributed by atoms with Crippen LogP contribution in [0.15, 0.2) is 96.3 Å².